The van der Waals surface area contributed by atoms with Crippen LogP contribution in [0.4, 0.5) is 0 Å². The van der Waals surface area contributed by atoms with E-state index in [-0.39, 0.29) is 6.42 Å². The number of carboxylic acids is 1. The summed E-state index contributed by atoms with van der Waals surface area (Å²) in [4.78, 5) is 10.7. The highest BCUT2D eigenvalue weighted by Crippen LogP contribution is 2.40. The fourth-order valence-corrected chi connectivity index (χ4v) is 2.22. The Hall–Kier alpha value is -1.59. The molecule has 1 aromatic carbocycles. The van der Waals surface area contributed by atoms with Gasteiger partial charge in [-0.3, -0.25) is 4.79 Å². The van der Waals surface area contributed by atoms with Gasteiger partial charge in [0.2, 0.25) is 5.79 Å². The molecule has 0 bridgehead atoms. The van der Waals surface area contributed by atoms with Crippen molar-refractivity contribution in [2.24, 2.45) is 0 Å². The van der Waals surface area contributed by atoms with Gasteiger partial charge in [0, 0.05) is 20.6 Å². The third-order valence-electron chi connectivity index (χ3n) is 3.16. The second-order valence-corrected chi connectivity index (χ2v) is 4.16. The highest BCUT2D eigenvalue weighted by atomic mass is 16.7. The maximum absolute atomic E-state index is 10.7. The summed E-state index contributed by atoms with van der Waals surface area (Å²) in [5.74, 6) is -1.03. The molecule has 5 nitrogen and oxygen atoms in total. The van der Waals surface area contributed by atoms with Gasteiger partial charge in [-0.15, -0.1) is 0 Å². The van der Waals surface area contributed by atoms with Crippen LogP contribution in [0.25, 0.3) is 0 Å². The lowest BCUT2D eigenvalue weighted by Gasteiger charge is -2.36. The number of hydrogen-bond donors (Lipinski definition) is 1. The predicted octanol–water partition coefficient (Wildman–Crippen LogP) is 1.54. The number of hydrogen-bond acceptors (Lipinski definition) is 4. The van der Waals surface area contributed by atoms with Crippen LogP contribution in [0.2, 0.25) is 0 Å². The molecule has 1 aromatic rings. The number of methoxy groups -OCH3 is 2. The molecule has 0 atom stereocenters. The van der Waals surface area contributed by atoms with Crippen molar-refractivity contribution in [2.75, 3.05) is 20.8 Å². The molecule has 0 aliphatic carbocycles. The molecule has 1 heterocycles. The fourth-order valence-electron chi connectivity index (χ4n) is 2.22. The van der Waals surface area contributed by atoms with E-state index >= 15 is 0 Å². The first-order valence-corrected chi connectivity index (χ1v) is 5.69. The summed E-state index contributed by atoms with van der Waals surface area (Å²) in [5.41, 5.74) is 1.45. The molecule has 18 heavy (non-hydrogen) atoms. The summed E-state index contributed by atoms with van der Waals surface area (Å²) < 4.78 is 16.5. The Balaban J connectivity index is 2.43. The lowest BCUT2D eigenvalue weighted by Crippen LogP contribution is -2.36. The van der Waals surface area contributed by atoms with Crippen LogP contribution in [0.15, 0.2) is 18.2 Å². The molecular formula is C13H16O5. The van der Waals surface area contributed by atoms with Crippen LogP contribution in [0.3, 0.4) is 0 Å². The molecule has 98 valence electrons. The molecule has 0 spiro atoms. The van der Waals surface area contributed by atoms with E-state index in [0.717, 1.165) is 5.56 Å². The normalized spacial score (nSPS) is 16.8. The molecule has 0 aromatic heterocycles. The molecule has 1 N–H and O–H groups in total. The van der Waals surface area contributed by atoms with Gasteiger partial charge in [0.15, 0.2) is 0 Å². The molecule has 0 saturated carbocycles. The summed E-state index contributed by atoms with van der Waals surface area (Å²) in [5, 5.41) is 8.82. The van der Waals surface area contributed by atoms with Gasteiger partial charge >= 0.3 is 5.97 Å². The smallest absolute Gasteiger partial charge is 0.307 e. The Kier molecular flexibility index (Phi) is 3.54. The number of benzene rings is 1. The fraction of sp³-hybridized carbons (Fsp3) is 0.462. The van der Waals surface area contributed by atoms with E-state index in [1.165, 1.54) is 0 Å². The predicted molar refractivity (Wildman–Crippen MR) is 63.6 cm³/mol. The SMILES string of the molecule is COC1(OC)CCOc2ccc(CC(=O)O)cc21. The summed E-state index contributed by atoms with van der Waals surface area (Å²) >= 11 is 0. The Labute approximate surface area is 105 Å². The van der Waals surface area contributed by atoms with Crippen LogP contribution in [0, 0.1) is 0 Å². The van der Waals surface area contributed by atoms with Gasteiger partial charge in [0.25, 0.3) is 0 Å². The van der Waals surface area contributed by atoms with E-state index in [1.807, 2.05) is 0 Å². The Morgan fingerprint density at radius 1 is 1.44 bits per heavy atom. The van der Waals surface area contributed by atoms with Crippen molar-refractivity contribution in [1.82, 2.24) is 0 Å². The van der Waals surface area contributed by atoms with Crippen LogP contribution in [0.5, 0.6) is 5.75 Å². The van der Waals surface area contributed by atoms with Gasteiger partial charge in [-0.25, -0.2) is 0 Å². The molecule has 0 fully saturated rings. The Bertz CT molecular complexity index is 451. The van der Waals surface area contributed by atoms with Crippen molar-refractivity contribution in [3.05, 3.63) is 29.3 Å². The molecule has 0 amide bonds. The molecule has 0 radical (unpaired) electrons. The number of rotatable bonds is 4. The quantitative estimate of drug-likeness (QED) is 0.823. The van der Waals surface area contributed by atoms with E-state index in [1.54, 1.807) is 32.4 Å². The van der Waals surface area contributed by atoms with Crippen molar-refractivity contribution in [1.29, 1.82) is 0 Å². The van der Waals surface area contributed by atoms with Gasteiger partial charge < -0.3 is 19.3 Å². The number of ether oxygens (including phenoxy) is 3. The van der Waals surface area contributed by atoms with E-state index in [9.17, 15) is 4.79 Å². The van der Waals surface area contributed by atoms with Crippen LogP contribution < -0.4 is 4.74 Å². The molecule has 0 unspecified atom stereocenters. The van der Waals surface area contributed by atoms with E-state index in [4.69, 9.17) is 19.3 Å². The summed E-state index contributed by atoms with van der Waals surface area (Å²) in [6, 6.07) is 5.28. The second-order valence-electron chi connectivity index (χ2n) is 4.16. The largest absolute Gasteiger partial charge is 0.493 e. The molecule has 5 heteroatoms. The molecule has 2 rings (SSSR count). The number of fused-ring (bicyclic) bond motifs is 1. The highest BCUT2D eigenvalue weighted by molar-refractivity contribution is 5.70. The van der Waals surface area contributed by atoms with E-state index in [0.29, 0.717) is 24.3 Å². The monoisotopic (exact) mass is 252 g/mol. The maximum Gasteiger partial charge on any atom is 0.307 e. The molecule has 0 saturated heterocycles. The van der Waals surface area contributed by atoms with Crippen LogP contribution >= 0.6 is 0 Å². The minimum atomic E-state index is -0.868. The van der Waals surface area contributed by atoms with E-state index < -0.39 is 11.8 Å². The number of carbonyl (C=O) groups is 1. The molecule has 1 aliphatic rings. The minimum absolute atomic E-state index is 0.0310. The first-order valence-electron chi connectivity index (χ1n) is 5.69. The van der Waals surface area contributed by atoms with Gasteiger partial charge in [-0.05, 0) is 17.7 Å². The minimum Gasteiger partial charge on any atom is -0.493 e. The summed E-state index contributed by atoms with van der Waals surface area (Å²) in [6.45, 7) is 0.507. The first kappa shape index (κ1) is 12.9. The van der Waals surface area contributed by atoms with Crippen molar-refractivity contribution in [3.63, 3.8) is 0 Å². The Morgan fingerprint density at radius 3 is 2.78 bits per heavy atom. The molecular weight excluding hydrogens is 236 g/mol. The zero-order chi connectivity index (χ0) is 13.2. The third kappa shape index (κ3) is 2.19. The van der Waals surface area contributed by atoms with Crippen molar-refractivity contribution in [3.8, 4) is 5.75 Å². The van der Waals surface area contributed by atoms with Crippen LogP contribution in [-0.4, -0.2) is 31.9 Å². The van der Waals surface area contributed by atoms with Gasteiger partial charge in [-0.1, -0.05) is 6.07 Å². The number of carboxylic acid groups (broad SMARTS) is 1. The average molecular weight is 252 g/mol. The van der Waals surface area contributed by atoms with Crippen molar-refractivity contribution < 1.29 is 24.1 Å². The standard InChI is InChI=1S/C13H16O5/c1-16-13(17-2)5-6-18-11-4-3-9(7-10(11)13)8-12(14)15/h3-4,7H,5-6,8H2,1-2H3,(H,14,15). The van der Waals surface area contributed by atoms with Gasteiger partial charge in [-0.2, -0.15) is 0 Å². The zero-order valence-electron chi connectivity index (χ0n) is 10.4. The second kappa shape index (κ2) is 4.96. The lowest BCUT2D eigenvalue weighted by molar-refractivity contribution is -0.230. The highest BCUT2D eigenvalue weighted by Gasteiger charge is 2.38. The lowest BCUT2D eigenvalue weighted by atomic mass is 9.96. The van der Waals surface area contributed by atoms with E-state index in [2.05, 4.69) is 0 Å². The first-order chi connectivity index (χ1) is 8.61. The third-order valence-corrected chi connectivity index (χ3v) is 3.16. The average Bonchev–Trinajstić information content (AvgIpc) is 2.37. The van der Waals surface area contributed by atoms with Crippen LogP contribution in [-0.2, 0) is 26.5 Å². The zero-order valence-corrected chi connectivity index (χ0v) is 10.4. The topological polar surface area (TPSA) is 65.0 Å². The summed E-state index contributed by atoms with van der Waals surface area (Å²) in [6.07, 6.45) is 0.542. The number of aliphatic carboxylic acids is 1. The van der Waals surface area contributed by atoms with Crippen molar-refractivity contribution in [2.45, 2.75) is 18.6 Å². The van der Waals surface area contributed by atoms with Gasteiger partial charge in [0.05, 0.1) is 18.6 Å². The maximum atomic E-state index is 10.7. The Morgan fingerprint density at radius 2 is 2.17 bits per heavy atom. The van der Waals surface area contributed by atoms with Gasteiger partial charge in [0.1, 0.15) is 5.75 Å². The molecule has 1 aliphatic heterocycles. The summed E-state index contributed by atoms with van der Waals surface area (Å²) in [7, 11) is 3.14. The van der Waals surface area contributed by atoms with Crippen LogP contribution in [0.1, 0.15) is 17.5 Å². The van der Waals surface area contributed by atoms with Crippen molar-refractivity contribution >= 4 is 5.97 Å².